The molecule has 3 rings (SSSR count). The fraction of sp³-hybridized carbons (Fsp3) is 0.625. The Morgan fingerprint density at radius 3 is 2.40 bits per heavy atom. The van der Waals surface area contributed by atoms with E-state index in [1.54, 1.807) is 18.2 Å². The smallest absolute Gasteiger partial charge is 0.212 e. The standard InChI is InChI=1S/C16H23NO2S/c1-13(2)20(18,19)17-11-9-16(10-12-17)8-7-14-5-3-4-6-15(14)16/h3-6,13H,7-12H2,1-2H3. The Labute approximate surface area is 122 Å². The van der Waals surface area contributed by atoms with Crippen molar-refractivity contribution in [2.75, 3.05) is 13.1 Å². The molecule has 1 aromatic carbocycles. The Bertz CT molecular complexity index is 599. The van der Waals surface area contributed by atoms with E-state index in [-0.39, 0.29) is 10.7 Å². The van der Waals surface area contributed by atoms with Crippen LogP contribution >= 0.6 is 0 Å². The Kier molecular flexibility index (Phi) is 3.41. The van der Waals surface area contributed by atoms with E-state index in [0.29, 0.717) is 13.1 Å². The molecule has 1 aliphatic carbocycles. The minimum atomic E-state index is -3.09. The Morgan fingerprint density at radius 2 is 1.75 bits per heavy atom. The van der Waals surface area contributed by atoms with Gasteiger partial charge in [-0.1, -0.05) is 24.3 Å². The molecule has 1 fully saturated rings. The van der Waals surface area contributed by atoms with Crippen LogP contribution in [0.2, 0.25) is 0 Å². The molecule has 1 aliphatic heterocycles. The molecule has 0 atom stereocenters. The molecule has 0 saturated carbocycles. The zero-order chi connectivity index (χ0) is 14.4. The van der Waals surface area contributed by atoms with E-state index in [2.05, 4.69) is 24.3 Å². The Balaban J connectivity index is 1.81. The second-order valence-corrected chi connectivity index (χ2v) is 8.92. The zero-order valence-corrected chi connectivity index (χ0v) is 13.1. The molecule has 1 saturated heterocycles. The van der Waals surface area contributed by atoms with E-state index in [1.807, 2.05) is 0 Å². The van der Waals surface area contributed by atoms with Gasteiger partial charge in [0.15, 0.2) is 0 Å². The summed E-state index contributed by atoms with van der Waals surface area (Å²) in [4.78, 5) is 0. The molecule has 0 amide bonds. The van der Waals surface area contributed by atoms with Crippen LogP contribution in [0.4, 0.5) is 0 Å². The number of piperidine rings is 1. The lowest BCUT2D eigenvalue weighted by Crippen LogP contribution is -2.46. The van der Waals surface area contributed by atoms with Crippen molar-refractivity contribution in [3.05, 3.63) is 35.4 Å². The lowest BCUT2D eigenvalue weighted by molar-refractivity contribution is 0.231. The third kappa shape index (κ3) is 2.09. The highest BCUT2D eigenvalue weighted by Gasteiger charge is 2.43. The van der Waals surface area contributed by atoms with Gasteiger partial charge >= 0.3 is 0 Å². The summed E-state index contributed by atoms with van der Waals surface area (Å²) >= 11 is 0. The van der Waals surface area contributed by atoms with Crippen molar-refractivity contribution in [3.8, 4) is 0 Å². The second-order valence-electron chi connectivity index (χ2n) is 6.43. The van der Waals surface area contributed by atoms with Gasteiger partial charge in [0.2, 0.25) is 10.0 Å². The van der Waals surface area contributed by atoms with Crippen LogP contribution in [0.3, 0.4) is 0 Å². The molecule has 0 N–H and O–H groups in total. The van der Waals surface area contributed by atoms with Gasteiger partial charge in [0.1, 0.15) is 0 Å². The molecule has 1 spiro atoms. The van der Waals surface area contributed by atoms with Crippen molar-refractivity contribution in [1.29, 1.82) is 0 Å². The van der Waals surface area contributed by atoms with Crippen LogP contribution in [0.1, 0.15) is 44.2 Å². The SMILES string of the molecule is CC(C)S(=O)(=O)N1CCC2(CCc3ccccc32)CC1. The molecule has 1 heterocycles. The molecule has 110 valence electrons. The van der Waals surface area contributed by atoms with E-state index in [1.165, 1.54) is 17.5 Å². The highest BCUT2D eigenvalue weighted by molar-refractivity contribution is 7.89. The molecule has 0 aromatic heterocycles. The Hall–Kier alpha value is -0.870. The largest absolute Gasteiger partial charge is 0.216 e. The number of benzene rings is 1. The number of sulfonamides is 1. The monoisotopic (exact) mass is 293 g/mol. The highest BCUT2D eigenvalue weighted by atomic mass is 32.2. The summed E-state index contributed by atoms with van der Waals surface area (Å²) in [5.74, 6) is 0. The summed E-state index contributed by atoms with van der Waals surface area (Å²) in [5.41, 5.74) is 3.17. The van der Waals surface area contributed by atoms with Gasteiger partial charge in [0.25, 0.3) is 0 Å². The van der Waals surface area contributed by atoms with E-state index < -0.39 is 10.0 Å². The number of aryl methyl sites for hydroxylation is 1. The maximum absolute atomic E-state index is 12.3. The summed E-state index contributed by atoms with van der Waals surface area (Å²) < 4.78 is 26.2. The van der Waals surface area contributed by atoms with Crippen molar-refractivity contribution < 1.29 is 8.42 Å². The normalized spacial score (nSPS) is 22.4. The molecule has 0 bridgehead atoms. The van der Waals surface area contributed by atoms with Crippen LogP contribution in [0, 0.1) is 0 Å². The first-order valence-corrected chi connectivity index (χ1v) is 9.03. The summed E-state index contributed by atoms with van der Waals surface area (Å²) in [6.07, 6.45) is 4.26. The van der Waals surface area contributed by atoms with Gasteiger partial charge in [-0.2, -0.15) is 0 Å². The quantitative estimate of drug-likeness (QED) is 0.841. The van der Waals surface area contributed by atoms with E-state index >= 15 is 0 Å². The molecule has 1 aromatic rings. The summed E-state index contributed by atoms with van der Waals surface area (Å²) in [7, 11) is -3.09. The molecule has 4 heteroatoms. The Morgan fingerprint density at radius 1 is 1.10 bits per heavy atom. The van der Waals surface area contributed by atoms with Crippen molar-refractivity contribution >= 4 is 10.0 Å². The van der Waals surface area contributed by atoms with Crippen molar-refractivity contribution in [3.63, 3.8) is 0 Å². The first kappa shape index (κ1) is 14.1. The molecule has 0 radical (unpaired) electrons. The van der Waals surface area contributed by atoms with Gasteiger partial charge in [0.05, 0.1) is 5.25 Å². The van der Waals surface area contributed by atoms with Crippen LogP contribution in [0.5, 0.6) is 0 Å². The third-order valence-corrected chi connectivity index (χ3v) is 7.37. The number of hydrogen-bond acceptors (Lipinski definition) is 2. The topological polar surface area (TPSA) is 37.4 Å². The van der Waals surface area contributed by atoms with Crippen LogP contribution in [0.15, 0.2) is 24.3 Å². The van der Waals surface area contributed by atoms with Crippen molar-refractivity contribution in [1.82, 2.24) is 4.31 Å². The lowest BCUT2D eigenvalue weighted by Gasteiger charge is -2.40. The van der Waals surface area contributed by atoms with Gasteiger partial charge < -0.3 is 0 Å². The third-order valence-electron chi connectivity index (χ3n) is 5.10. The number of hydrogen-bond donors (Lipinski definition) is 0. The maximum atomic E-state index is 12.3. The summed E-state index contributed by atoms with van der Waals surface area (Å²) in [5, 5.41) is -0.313. The first-order chi connectivity index (χ1) is 9.46. The number of fused-ring (bicyclic) bond motifs is 2. The predicted molar refractivity (Wildman–Crippen MR) is 81.3 cm³/mol. The molecule has 0 unspecified atom stereocenters. The minimum Gasteiger partial charge on any atom is -0.212 e. The van der Waals surface area contributed by atoms with Gasteiger partial charge in [-0.25, -0.2) is 12.7 Å². The predicted octanol–water partition coefficient (Wildman–Crippen LogP) is 2.70. The summed E-state index contributed by atoms with van der Waals surface area (Å²) in [6, 6.07) is 8.69. The van der Waals surface area contributed by atoms with Crippen LogP contribution < -0.4 is 0 Å². The lowest BCUT2D eigenvalue weighted by atomic mass is 9.74. The van der Waals surface area contributed by atoms with Gasteiger partial charge in [-0.15, -0.1) is 0 Å². The minimum absolute atomic E-state index is 0.236. The van der Waals surface area contributed by atoms with Crippen molar-refractivity contribution in [2.24, 2.45) is 0 Å². The van der Waals surface area contributed by atoms with Crippen LogP contribution in [0.25, 0.3) is 0 Å². The zero-order valence-electron chi connectivity index (χ0n) is 12.3. The molecular weight excluding hydrogens is 270 g/mol. The highest BCUT2D eigenvalue weighted by Crippen LogP contribution is 2.46. The van der Waals surface area contributed by atoms with Crippen LogP contribution in [-0.4, -0.2) is 31.1 Å². The van der Waals surface area contributed by atoms with E-state index in [4.69, 9.17) is 0 Å². The molecule has 3 nitrogen and oxygen atoms in total. The second kappa shape index (κ2) is 4.85. The number of rotatable bonds is 2. The fourth-order valence-electron chi connectivity index (χ4n) is 3.75. The summed E-state index contributed by atoms with van der Waals surface area (Å²) in [6.45, 7) is 4.89. The van der Waals surface area contributed by atoms with E-state index in [9.17, 15) is 8.42 Å². The van der Waals surface area contributed by atoms with E-state index in [0.717, 1.165) is 19.3 Å². The van der Waals surface area contributed by atoms with Gasteiger partial charge in [0, 0.05) is 13.1 Å². The van der Waals surface area contributed by atoms with Gasteiger partial charge in [-0.05, 0) is 56.1 Å². The maximum Gasteiger partial charge on any atom is 0.216 e. The number of nitrogens with zero attached hydrogens (tertiary/aromatic N) is 1. The van der Waals surface area contributed by atoms with Gasteiger partial charge in [-0.3, -0.25) is 0 Å². The van der Waals surface area contributed by atoms with Crippen LogP contribution in [-0.2, 0) is 21.9 Å². The molecule has 20 heavy (non-hydrogen) atoms. The first-order valence-electron chi connectivity index (χ1n) is 7.53. The fourth-order valence-corrected chi connectivity index (χ4v) is 5.04. The van der Waals surface area contributed by atoms with Crippen molar-refractivity contribution in [2.45, 2.75) is 50.2 Å². The molecular formula is C16H23NO2S. The molecule has 2 aliphatic rings. The average Bonchev–Trinajstić information content (AvgIpc) is 2.79. The average molecular weight is 293 g/mol.